The average Bonchev–Trinajstić information content (AvgIpc) is 2.34. The van der Waals surface area contributed by atoms with Gasteiger partial charge in [0.25, 0.3) is 0 Å². The second-order valence-electron chi connectivity index (χ2n) is 4.21. The van der Waals surface area contributed by atoms with Gasteiger partial charge < -0.3 is 5.73 Å². The molecule has 0 aromatic heterocycles. The molecular weight excluding hydrogens is 303 g/mol. The first-order valence-corrected chi connectivity index (χ1v) is 6.32. The maximum atomic E-state index is 13.1. The number of imide groups is 1. The molecule has 0 bridgehead atoms. The molecule has 0 saturated carbocycles. The molecule has 2 rings (SSSR count). The highest BCUT2D eigenvalue weighted by atomic mass is 79.9. The number of nitrogens with two attached hydrogens (primary N) is 1. The largest absolute Gasteiger partial charge is 0.320 e. The normalized spacial score (nSPS) is 20.4. The van der Waals surface area contributed by atoms with Crippen LogP contribution < -0.4 is 5.73 Å². The third-order valence-corrected chi connectivity index (χ3v) is 3.49. The minimum absolute atomic E-state index is 0.129. The van der Waals surface area contributed by atoms with Crippen molar-refractivity contribution < 1.29 is 14.0 Å². The second kappa shape index (κ2) is 5.16. The Hall–Kier alpha value is -1.27. The number of benzene rings is 1. The van der Waals surface area contributed by atoms with Crippen LogP contribution in [0.15, 0.2) is 22.7 Å². The molecular formula is C12H12BrFN2O2. The fourth-order valence-electron chi connectivity index (χ4n) is 1.85. The van der Waals surface area contributed by atoms with Crippen LogP contribution in [0.5, 0.6) is 0 Å². The number of hydrogen-bond acceptors (Lipinski definition) is 3. The number of halogens is 2. The monoisotopic (exact) mass is 314 g/mol. The van der Waals surface area contributed by atoms with Crippen molar-refractivity contribution in [2.24, 2.45) is 5.73 Å². The minimum Gasteiger partial charge on any atom is -0.320 e. The average molecular weight is 315 g/mol. The zero-order valence-electron chi connectivity index (χ0n) is 9.53. The maximum absolute atomic E-state index is 13.1. The Balaban J connectivity index is 2.18. The quantitative estimate of drug-likeness (QED) is 0.843. The molecule has 2 N–H and O–H groups in total. The first-order chi connectivity index (χ1) is 8.49. The molecule has 1 aromatic carbocycles. The third-order valence-electron chi connectivity index (χ3n) is 2.88. The van der Waals surface area contributed by atoms with E-state index in [4.69, 9.17) is 5.73 Å². The van der Waals surface area contributed by atoms with Crippen LogP contribution >= 0.6 is 15.9 Å². The van der Waals surface area contributed by atoms with Crippen molar-refractivity contribution in [1.82, 2.24) is 4.90 Å². The van der Waals surface area contributed by atoms with Crippen molar-refractivity contribution in [1.29, 1.82) is 0 Å². The van der Waals surface area contributed by atoms with Gasteiger partial charge in [0, 0.05) is 6.42 Å². The van der Waals surface area contributed by atoms with Gasteiger partial charge in [-0.2, -0.15) is 0 Å². The highest BCUT2D eigenvalue weighted by Gasteiger charge is 2.31. The summed E-state index contributed by atoms with van der Waals surface area (Å²) in [5, 5.41) is 0. The van der Waals surface area contributed by atoms with Crippen LogP contribution in [0.2, 0.25) is 0 Å². The maximum Gasteiger partial charge on any atom is 0.246 e. The first-order valence-electron chi connectivity index (χ1n) is 5.53. The van der Waals surface area contributed by atoms with Crippen molar-refractivity contribution in [3.63, 3.8) is 0 Å². The van der Waals surface area contributed by atoms with E-state index < -0.39 is 6.04 Å². The Kier molecular flexibility index (Phi) is 3.77. The molecule has 2 amide bonds. The zero-order valence-corrected chi connectivity index (χ0v) is 11.1. The summed E-state index contributed by atoms with van der Waals surface area (Å²) in [5.41, 5.74) is 6.31. The summed E-state index contributed by atoms with van der Waals surface area (Å²) in [6, 6.07) is 3.77. The van der Waals surface area contributed by atoms with Crippen LogP contribution in [0.25, 0.3) is 0 Å². The van der Waals surface area contributed by atoms with E-state index in [1.165, 1.54) is 6.07 Å². The van der Waals surface area contributed by atoms with E-state index in [9.17, 15) is 14.0 Å². The number of rotatable bonds is 2. The van der Waals surface area contributed by atoms with Gasteiger partial charge >= 0.3 is 0 Å². The zero-order chi connectivity index (χ0) is 13.3. The molecule has 96 valence electrons. The lowest BCUT2D eigenvalue weighted by Gasteiger charge is -2.28. The van der Waals surface area contributed by atoms with Crippen molar-refractivity contribution in [2.45, 2.75) is 25.4 Å². The minimum atomic E-state index is -0.619. The summed E-state index contributed by atoms with van der Waals surface area (Å²) in [5.74, 6) is -0.986. The van der Waals surface area contributed by atoms with E-state index in [2.05, 4.69) is 15.9 Å². The molecule has 0 radical (unpaired) electrons. The predicted octanol–water partition coefficient (Wildman–Crippen LogP) is 1.56. The van der Waals surface area contributed by atoms with Gasteiger partial charge in [-0.25, -0.2) is 4.39 Å². The summed E-state index contributed by atoms with van der Waals surface area (Å²) in [6.45, 7) is 0.129. The Morgan fingerprint density at radius 3 is 2.83 bits per heavy atom. The molecule has 0 spiro atoms. The van der Waals surface area contributed by atoms with Gasteiger partial charge in [-0.3, -0.25) is 14.5 Å². The number of piperidine rings is 1. The molecule has 18 heavy (non-hydrogen) atoms. The lowest BCUT2D eigenvalue weighted by atomic mass is 10.0. The highest BCUT2D eigenvalue weighted by molar-refractivity contribution is 9.10. The molecule has 4 nitrogen and oxygen atoms in total. The van der Waals surface area contributed by atoms with E-state index in [-0.39, 0.29) is 30.6 Å². The molecule has 1 fully saturated rings. The van der Waals surface area contributed by atoms with Gasteiger partial charge in [0.2, 0.25) is 11.8 Å². The topological polar surface area (TPSA) is 63.4 Å². The molecule has 1 heterocycles. The fraction of sp³-hybridized carbons (Fsp3) is 0.333. The van der Waals surface area contributed by atoms with Crippen LogP contribution in [-0.4, -0.2) is 22.8 Å². The van der Waals surface area contributed by atoms with Gasteiger partial charge in [0.15, 0.2) is 0 Å². The Morgan fingerprint density at radius 1 is 1.44 bits per heavy atom. The lowest BCUT2D eigenvalue weighted by molar-refractivity contribution is -0.149. The molecule has 1 aromatic rings. The first kappa shape index (κ1) is 13.2. The number of carbonyl (C=O) groups excluding carboxylic acids is 2. The SMILES string of the molecule is NC1CCC(=O)N(Cc2ccc(F)c(Br)c2)C1=O. The standard InChI is InChI=1S/C12H12BrFN2O2/c13-8-5-7(1-2-9(8)14)6-16-11(17)4-3-10(15)12(16)18/h1-2,5,10H,3-4,6,15H2. The Bertz CT molecular complexity index is 507. The van der Waals surface area contributed by atoms with Gasteiger partial charge in [-0.1, -0.05) is 6.07 Å². The van der Waals surface area contributed by atoms with Crippen LogP contribution in [0.3, 0.4) is 0 Å². The van der Waals surface area contributed by atoms with Gasteiger partial charge in [-0.05, 0) is 40.0 Å². The Labute approximate surface area is 112 Å². The van der Waals surface area contributed by atoms with Gasteiger partial charge in [0.05, 0.1) is 17.1 Å². The third kappa shape index (κ3) is 2.59. The van der Waals surface area contributed by atoms with E-state index in [1.54, 1.807) is 12.1 Å². The van der Waals surface area contributed by atoms with Crippen molar-refractivity contribution in [3.8, 4) is 0 Å². The molecule has 1 aliphatic rings. The summed E-state index contributed by atoms with van der Waals surface area (Å²) in [7, 11) is 0. The summed E-state index contributed by atoms with van der Waals surface area (Å²) in [4.78, 5) is 24.6. The second-order valence-corrected chi connectivity index (χ2v) is 5.07. The van der Waals surface area contributed by atoms with E-state index in [1.807, 2.05) is 0 Å². The molecule has 0 aliphatic carbocycles. The van der Waals surface area contributed by atoms with E-state index in [0.717, 1.165) is 4.90 Å². The summed E-state index contributed by atoms with van der Waals surface area (Å²) in [6.07, 6.45) is 0.663. The Morgan fingerprint density at radius 2 is 2.17 bits per heavy atom. The summed E-state index contributed by atoms with van der Waals surface area (Å²) < 4.78 is 13.4. The smallest absolute Gasteiger partial charge is 0.246 e. The van der Waals surface area contributed by atoms with Crippen LogP contribution in [0.1, 0.15) is 18.4 Å². The number of hydrogen-bond donors (Lipinski definition) is 1. The number of carbonyl (C=O) groups is 2. The molecule has 1 atom stereocenters. The highest BCUT2D eigenvalue weighted by Crippen LogP contribution is 2.20. The lowest BCUT2D eigenvalue weighted by Crippen LogP contribution is -2.50. The van der Waals surface area contributed by atoms with Crippen LogP contribution in [0, 0.1) is 5.82 Å². The van der Waals surface area contributed by atoms with E-state index >= 15 is 0 Å². The summed E-state index contributed by atoms with van der Waals surface area (Å²) >= 11 is 3.06. The van der Waals surface area contributed by atoms with Gasteiger partial charge in [-0.15, -0.1) is 0 Å². The molecule has 1 saturated heterocycles. The fourth-order valence-corrected chi connectivity index (χ4v) is 2.27. The van der Waals surface area contributed by atoms with E-state index in [0.29, 0.717) is 16.5 Å². The van der Waals surface area contributed by atoms with Crippen LogP contribution in [-0.2, 0) is 16.1 Å². The number of likely N-dealkylation sites (tertiary alicyclic amines) is 1. The van der Waals surface area contributed by atoms with Crippen molar-refractivity contribution in [3.05, 3.63) is 34.1 Å². The molecule has 1 unspecified atom stereocenters. The number of amides is 2. The number of nitrogens with zero attached hydrogens (tertiary/aromatic N) is 1. The van der Waals surface area contributed by atoms with Crippen molar-refractivity contribution >= 4 is 27.7 Å². The van der Waals surface area contributed by atoms with Crippen molar-refractivity contribution in [2.75, 3.05) is 0 Å². The predicted molar refractivity (Wildman–Crippen MR) is 66.9 cm³/mol. The molecule has 1 aliphatic heterocycles. The molecule has 6 heteroatoms. The van der Waals surface area contributed by atoms with Crippen LogP contribution in [0.4, 0.5) is 4.39 Å². The van der Waals surface area contributed by atoms with Gasteiger partial charge in [0.1, 0.15) is 5.82 Å².